The number of amides is 3. The minimum absolute atomic E-state index is 0.112. The summed E-state index contributed by atoms with van der Waals surface area (Å²) < 4.78 is 2.28. The van der Waals surface area contributed by atoms with Gasteiger partial charge in [-0.25, -0.2) is 0 Å². The second-order valence-electron chi connectivity index (χ2n) is 12.4. The van der Waals surface area contributed by atoms with Crippen LogP contribution in [0.15, 0.2) is 132 Å². The lowest BCUT2D eigenvalue weighted by molar-refractivity contribution is -0.115. The number of thioether (sulfide) groups is 1. The fourth-order valence-electron chi connectivity index (χ4n) is 5.91. The number of hydrogen-bond acceptors (Lipinski definition) is 4. The third kappa shape index (κ3) is 7.82. The van der Waals surface area contributed by atoms with Gasteiger partial charge in [0.25, 0.3) is 11.8 Å². The maximum atomic E-state index is 13.6. The third-order valence-corrected chi connectivity index (χ3v) is 9.67. The van der Waals surface area contributed by atoms with E-state index >= 15 is 0 Å². The summed E-state index contributed by atoms with van der Waals surface area (Å²) in [5.74, 6) is -0.600. The van der Waals surface area contributed by atoms with Crippen LogP contribution in [0.4, 0.5) is 11.4 Å². The Kier molecular flexibility index (Phi) is 10.5. The predicted molar refractivity (Wildman–Crippen MR) is 207 cm³/mol. The molecule has 3 amide bonds. The minimum atomic E-state index is -0.463. The highest BCUT2D eigenvalue weighted by Gasteiger charge is 2.18. The number of fused-ring (bicyclic) bond motifs is 3. The number of carbonyl (C=O) groups excluding carboxylic acids is 3. The topological polar surface area (TPSA) is 92.2 Å². The standard InChI is InChI=1S/C42H40N4O3S/c1-5-46-38-17-10-9-16-35(38)36-26-33(22-23-39(36)46)43-40(47)28(4)50-34-15-11-14-32(25-34)44-42(49)37(45-41(48)31-12-7-6-8-13-31)24-29-18-20-30(21-19-29)27(2)3/h6-28H,5H2,1-4H3,(H,43,47)(H,44,49)(H,45,48)/b37-24+. The molecule has 0 saturated carbocycles. The number of para-hydroxylation sites is 1. The van der Waals surface area contributed by atoms with Gasteiger partial charge in [-0.1, -0.05) is 80.6 Å². The number of nitrogens with one attached hydrogen (secondary N) is 3. The van der Waals surface area contributed by atoms with Gasteiger partial charge >= 0.3 is 0 Å². The Labute approximate surface area is 296 Å². The van der Waals surface area contributed by atoms with Crippen LogP contribution in [0.25, 0.3) is 27.9 Å². The van der Waals surface area contributed by atoms with Crippen LogP contribution in [0.1, 0.15) is 55.1 Å². The van der Waals surface area contributed by atoms with Crippen LogP contribution < -0.4 is 16.0 Å². The summed E-state index contributed by atoms with van der Waals surface area (Å²) in [7, 11) is 0. The van der Waals surface area contributed by atoms with Gasteiger partial charge in [-0.05, 0) is 91.6 Å². The molecular weight excluding hydrogens is 641 g/mol. The van der Waals surface area contributed by atoms with E-state index in [1.807, 2.05) is 79.7 Å². The monoisotopic (exact) mass is 680 g/mol. The largest absolute Gasteiger partial charge is 0.341 e. The minimum Gasteiger partial charge on any atom is -0.341 e. The van der Waals surface area contributed by atoms with Gasteiger partial charge in [-0.3, -0.25) is 14.4 Å². The van der Waals surface area contributed by atoms with Gasteiger partial charge in [0.05, 0.1) is 5.25 Å². The van der Waals surface area contributed by atoms with Crippen LogP contribution in [0.5, 0.6) is 0 Å². The van der Waals surface area contributed by atoms with Gasteiger partial charge < -0.3 is 20.5 Å². The van der Waals surface area contributed by atoms with E-state index in [-0.39, 0.29) is 17.5 Å². The van der Waals surface area contributed by atoms with E-state index in [2.05, 4.69) is 59.5 Å². The fourth-order valence-corrected chi connectivity index (χ4v) is 6.83. The van der Waals surface area contributed by atoms with E-state index in [1.165, 1.54) is 22.8 Å². The van der Waals surface area contributed by atoms with Crippen LogP contribution in [-0.4, -0.2) is 27.5 Å². The smallest absolute Gasteiger partial charge is 0.272 e. The highest BCUT2D eigenvalue weighted by Crippen LogP contribution is 2.32. The number of aryl methyl sites for hydroxylation is 1. The van der Waals surface area contributed by atoms with Crippen molar-refractivity contribution in [2.75, 3.05) is 10.6 Å². The quantitative estimate of drug-likeness (QED) is 0.0939. The van der Waals surface area contributed by atoms with Gasteiger partial charge in [-0.2, -0.15) is 0 Å². The molecule has 1 aromatic heterocycles. The van der Waals surface area contributed by atoms with Crippen molar-refractivity contribution in [3.63, 3.8) is 0 Å². The van der Waals surface area contributed by atoms with Crippen molar-refractivity contribution in [1.82, 2.24) is 9.88 Å². The van der Waals surface area contributed by atoms with Gasteiger partial charge in [0.2, 0.25) is 5.91 Å². The zero-order valence-electron chi connectivity index (χ0n) is 28.6. The summed E-state index contributed by atoms with van der Waals surface area (Å²) in [5, 5.41) is 10.7. The number of rotatable bonds is 11. The molecule has 0 bridgehead atoms. The molecule has 252 valence electrons. The van der Waals surface area contributed by atoms with Crippen LogP contribution >= 0.6 is 11.8 Å². The lowest BCUT2D eigenvalue weighted by Crippen LogP contribution is -2.30. The molecule has 0 saturated heterocycles. The van der Waals surface area contributed by atoms with E-state index in [1.54, 1.807) is 36.4 Å². The van der Waals surface area contributed by atoms with Crippen LogP contribution in [0.3, 0.4) is 0 Å². The molecule has 0 aliphatic heterocycles. The number of anilines is 2. The van der Waals surface area contributed by atoms with E-state index in [0.717, 1.165) is 39.0 Å². The normalized spacial score (nSPS) is 12.2. The molecule has 0 fully saturated rings. The molecule has 0 aliphatic rings. The van der Waals surface area contributed by atoms with Crippen molar-refractivity contribution in [1.29, 1.82) is 0 Å². The first-order valence-electron chi connectivity index (χ1n) is 16.8. The summed E-state index contributed by atoms with van der Waals surface area (Å²) in [5.41, 5.74) is 6.11. The zero-order valence-corrected chi connectivity index (χ0v) is 29.4. The molecule has 0 radical (unpaired) electrons. The molecule has 0 aliphatic carbocycles. The molecule has 1 atom stereocenters. The van der Waals surface area contributed by atoms with E-state index in [4.69, 9.17) is 0 Å². The van der Waals surface area contributed by atoms with E-state index in [0.29, 0.717) is 17.2 Å². The Balaban J connectivity index is 1.16. The maximum absolute atomic E-state index is 13.6. The van der Waals surface area contributed by atoms with Crippen molar-refractivity contribution in [2.24, 2.45) is 0 Å². The van der Waals surface area contributed by atoms with Crippen molar-refractivity contribution in [3.8, 4) is 0 Å². The molecule has 1 unspecified atom stereocenters. The summed E-state index contributed by atoms with van der Waals surface area (Å²) in [6, 6.07) is 38.4. The second-order valence-corrected chi connectivity index (χ2v) is 13.8. The lowest BCUT2D eigenvalue weighted by Gasteiger charge is -2.14. The summed E-state index contributed by atoms with van der Waals surface area (Å²) >= 11 is 1.40. The highest BCUT2D eigenvalue weighted by atomic mass is 32.2. The molecular formula is C42H40N4O3S. The van der Waals surface area contributed by atoms with Gasteiger partial charge in [-0.15, -0.1) is 11.8 Å². The lowest BCUT2D eigenvalue weighted by atomic mass is 10.0. The van der Waals surface area contributed by atoms with Gasteiger partial charge in [0.15, 0.2) is 0 Å². The Bertz CT molecular complexity index is 2200. The molecule has 50 heavy (non-hydrogen) atoms. The number of hydrogen-bond donors (Lipinski definition) is 3. The molecule has 6 rings (SSSR count). The van der Waals surface area contributed by atoms with Crippen LogP contribution in [0, 0.1) is 0 Å². The van der Waals surface area contributed by atoms with Crippen LogP contribution in [-0.2, 0) is 16.1 Å². The molecule has 8 heteroatoms. The van der Waals surface area contributed by atoms with Gasteiger partial charge in [0, 0.05) is 50.2 Å². The predicted octanol–water partition coefficient (Wildman–Crippen LogP) is 9.47. The Morgan fingerprint density at radius 2 is 1.42 bits per heavy atom. The average molecular weight is 681 g/mol. The average Bonchev–Trinajstić information content (AvgIpc) is 3.44. The molecule has 3 N–H and O–H groups in total. The Morgan fingerprint density at radius 3 is 2.16 bits per heavy atom. The molecule has 7 nitrogen and oxygen atoms in total. The summed E-state index contributed by atoms with van der Waals surface area (Å²) in [6.07, 6.45) is 1.67. The number of nitrogens with zero attached hydrogens (tertiary/aromatic N) is 1. The SMILES string of the molecule is CCn1c2ccccc2c2cc(NC(=O)C(C)Sc3cccc(NC(=O)/C(=C\c4ccc(C(C)C)cc4)NC(=O)c4ccccc4)c3)ccc21. The molecule has 1 heterocycles. The van der Waals surface area contributed by atoms with Crippen molar-refractivity contribution in [3.05, 3.63) is 144 Å². The van der Waals surface area contributed by atoms with Gasteiger partial charge in [0.1, 0.15) is 5.70 Å². The zero-order chi connectivity index (χ0) is 35.2. The van der Waals surface area contributed by atoms with Crippen molar-refractivity contribution >= 4 is 68.7 Å². The first-order chi connectivity index (χ1) is 24.2. The second kappa shape index (κ2) is 15.3. The summed E-state index contributed by atoms with van der Waals surface area (Å²) in [6.45, 7) is 9.09. The molecule has 5 aromatic carbocycles. The summed E-state index contributed by atoms with van der Waals surface area (Å²) in [4.78, 5) is 40.9. The number of aromatic nitrogens is 1. The fraction of sp³-hybridized carbons (Fsp3) is 0.167. The van der Waals surface area contributed by atoms with E-state index in [9.17, 15) is 14.4 Å². The molecule has 0 spiro atoms. The first-order valence-corrected chi connectivity index (χ1v) is 17.7. The first kappa shape index (κ1) is 34.3. The van der Waals surface area contributed by atoms with Crippen LogP contribution in [0.2, 0.25) is 0 Å². The van der Waals surface area contributed by atoms with Crippen molar-refractivity contribution in [2.45, 2.75) is 50.3 Å². The highest BCUT2D eigenvalue weighted by molar-refractivity contribution is 8.00. The number of carbonyl (C=O) groups is 3. The third-order valence-electron chi connectivity index (χ3n) is 8.57. The number of benzene rings is 5. The Morgan fingerprint density at radius 1 is 0.720 bits per heavy atom. The molecule has 6 aromatic rings. The van der Waals surface area contributed by atoms with Crippen molar-refractivity contribution < 1.29 is 14.4 Å². The Hall–Kier alpha value is -5.60. The maximum Gasteiger partial charge on any atom is 0.272 e. The van der Waals surface area contributed by atoms with E-state index < -0.39 is 11.2 Å².